The molecule has 0 unspecified atom stereocenters. The van der Waals surface area contributed by atoms with E-state index in [0.717, 1.165) is 54.1 Å². The summed E-state index contributed by atoms with van der Waals surface area (Å²) in [5, 5.41) is 20.1. The van der Waals surface area contributed by atoms with Crippen LogP contribution in [0.15, 0.2) is 53.6 Å². The summed E-state index contributed by atoms with van der Waals surface area (Å²) in [6, 6.07) is 11.7. The molecule has 0 atom stereocenters. The normalized spacial score (nSPS) is 11.5. The minimum absolute atomic E-state index is 0.165. The molecule has 0 aliphatic carbocycles. The summed E-state index contributed by atoms with van der Waals surface area (Å²) < 4.78 is 4.25. The fourth-order valence-electron chi connectivity index (χ4n) is 4.70. The van der Waals surface area contributed by atoms with Gasteiger partial charge in [0.1, 0.15) is 10.5 Å². The Balaban J connectivity index is 1.40. The maximum absolute atomic E-state index is 13.4. The van der Waals surface area contributed by atoms with Crippen LogP contribution in [0.25, 0.3) is 32.2 Å². The van der Waals surface area contributed by atoms with E-state index >= 15 is 0 Å². The van der Waals surface area contributed by atoms with Crippen molar-refractivity contribution in [2.24, 2.45) is 7.05 Å². The highest BCUT2D eigenvalue weighted by Crippen LogP contribution is 2.34. The summed E-state index contributed by atoms with van der Waals surface area (Å²) in [6.07, 6.45) is 4.74. The van der Waals surface area contributed by atoms with E-state index in [1.165, 1.54) is 16.0 Å². The van der Waals surface area contributed by atoms with Crippen molar-refractivity contribution in [1.29, 1.82) is 0 Å². The molecule has 0 bridgehead atoms. The van der Waals surface area contributed by atoms with Crippen LogP contribution in [-0.4, -0.2) is 43.0 Å². The van der Waals surface area contributed by atoms with Gasteiger partial charge in [-0.3, -0.25) is 14.7 Å². The number of hydrogen-bond donors (Lipinski definition) is 3. The molecule has 4 heterocycles. The molecule has 0 radical (unpaired) electrons. The molecule has 6 rings (SSSR count). The number of para-hydroxylation sites is 1. The molecule has 0 saturated carbocycles. The number of hydrogen-bond acceptors (Lipinski definition) is 7. The van der Waals surface area contributed by atoms with Crippen molar-refractivity contribution < 1.29 is 4.79 Å². The molecule has 10 nitrogen and oxygen atoms in total. The van der Waals surface area contributed by atoms with Crippen molar-refractivity contribution >= 4 is 61.3 Å². The highest BCUT2D eigenvalue weighted by atomic mass is 32.1. The van der Waals surface area contributed by atoms with Crippen molar-refractivity contribution in [3.63, 3.8) is 0 Å². The summed E-state index contributed by atoms with van der Waals surface area (Å²) in [5.74, 6) is 0. The minimum Gasteiger partial charge on any atom is -0.386 e. The summed E-state index contributed by atoms with van der Waals surface area (Å²) >= 11 is 1.54. The number of benzene rings is 2. The third-order valence-electron chi connectivity index (χ3n) is 6.43. The number of carbonyl (C=O) groups is 1. The Bertz CT molecular complexity index is 1830. The molecular weight excluding hydrogens is 476 g/mol. The quantitative estimate of drug-likeness (QED) is 0.290. The van der Waals surface area contributed by atoms with Crippen molar-refractivity contribution in [2.45, 2.75) is 13.0 Å². The standard InChI is InChI=1S/C25H22N8O2S/c1-26-19-8-3-5-14(21(19)27-13-34)9-20-30-24-23(36-20)17-11-29-33(25(35)22(17)32(24)2)12-15-6-4-7-18-16(15)10-28-31-18/h3-8,10-11,13,26H,9,12H2,1-2H3,(H,27,34)(H,28,31). The minimum atomic E-state index is -0.165. The maximum atomic E-state index is 13.4. The predicted octanol–water partition coefficient (Wildman–Crippen LogP) is 3.47. The van der Waals surface area contributed by atoms with Crippen LogP contribution >= 0.6 is 11.3 Å². The van der Waals surface area contributed by atoms with Gasteiger partial charge in [-0.25, -0.2) is 9.67 Å². The number of fused-ring (bicyclic) bond motifs is 4. The Kier molecular flexibility index (Phi) is 5.26. The lowest BCUT2D eigenvalue weighted by Crippen LogP contribution is -2.24. The van der Waals surface area contributed by atoms with Gasteiger partial charge in [0.25, 0.3) is 5.56 Å². The molecule has 4 aromatic heterocycles. The van der Waals surface area contributed by atoms with Gasteiger partial charge in [0, 0.05) is 31.3 Å². The molecule has 6 aromatic rings. The van der Waals surface area contributed by atoms with Gasteiger partial charge in [0.15, 0.2) is 5.65 Å². The number of aromatic nitrogens is 6. The SMILES string of the molecule is CNc1cccc(Cc2nc3c(s2)c2cnn(Cc4cccc5[nH]ncc45)c(=O)c2n3C)c1NC=O. The Morgan fingerprint density at radius 2 is 1.94 bits per heavy atom. The van der Waals surface area contributed by atoms with E-state index < -0.39 is 0 Å². The zero-order chi connectivity index (χ0) is 24.8. The van der Waals surface area contributed by atoms with Crippen molar-refractivity contribution in [2.75, 3.05) is 17.7 Å². The average molecular weight is 499 g/mol. The molecule has 180 valence electrons. The molecule has 11 heteroatoms. The van der Waals surface area contributed by atoms with Gasteiger partial charge < -0.3 is 15.2 Å². The third-order valence-corrected chi connectivity index (χ3v) is 7.51. The Morgan fingerprint density at radius 3 is 2.78 bits per heavy atom. The second-order valence-corrected chi connectivity index (χ2v) is 9.55. The number of aromatic amines is 1. The van der Waals surface area contributed by atoms with E-state index in [1.807, 2.05) is 55.1 Å². The number of aryl methyl sites for hydroxylation is 1. The molecule has 2 aromatic carbocycles. The highest BCUT2D eigenvalue weighted by molar-refractivity contribution is 7.19. The van der Waals surface area contributed by atoms with Crippen LogP contribution in [0.2, 0.25) is 0 Å². The zero-order valence-corrected chi connectivity index (χ0v) is 20.4. The van der Waals surface area contributed by atoms with E-state index in [2.05, 4.69) is 25.9 Å². The summed E-state index contributed by atoms with van der Waals surface area (Å²) in [7, 11) is 3.67. The highest BCUT2D eigenvalue weighted by Gasteiger charge is 2.19. The monoisotopic (exact) mass is 498 g/mol. The maximum Gasteiger partial charge on any atom is 0.291 e. The van der Waals surface area contributed by atoms with Crippen molar-refractivity contribution in [1.82, 2.24) is 29.5 Å². The summed E-state index contributed by atoms with van der Waals surface area (Å²) in [5.41, 5.74) is 5.56. The van der Waals surface area contributed by atoms with Crippen LogP contribution in [0.3, 0.4) is 0 Å². The second-order valence-electron chi connectivity index (χ2n) is 8.47. The lowest BCUT2D eigenvalue weighted by molar-refractivity contribution is -0.105. The van der Waals surface area contributed by atoms with E-state index in [9.17, 15) is 9.59 Å². The first-order chi connectivity index (χ1) is 17.6. The Morgan fingerprint density at radius 1 is 1.11 bits per heavy atom. The van der Waals surface area contributed by atoms with Gasteiger partial charge >= 0.3 is 0 Å². The van der Waals surface area contributed by atoms with E-state index in [0.29, 0.717) is 24.9 Å². The Labute approximate surface area is 208 Å². The lowest BCUT2D eigenvalue weighted by atomic mass is 10.1. The lowest BCUT2D eigenvalue weighted by Gasteiger charge is -2.12. The summed E-state index contributed by atoms with van der Waals surface area (Å²) in [4.78, 5) is 29.5. The number of nitrogens with one attached hydrogen (secondary N) is 3. The number of carbonyl (C=O) groups excluding carboxylic acids is 1. The number of amides is 1. The molecule has 0 aliphatic heterocycles. The molecule has 0 spiro atoms. The van der Waals surface area contributed by atoms with E-state index in [4.69, 9.17) is 4.98 Å². The van der Waals surface area contributed by atoms with Crippen LogP contribution in [0.4, 0.5) is 11.4 Å². The van der Waals surface area contributed by atoms with Gasteiger partial charge in [-0.05, 0) is 23.3 Å². The van der Waals surface area contributed by atoms with Crippen LogP contribution in [0.1, 0.15) is 16.1 Å². The Hall–Kier alpha value is -4.51. The molecule has 0 fully saturated rings. The van der Waals surface area contributed by atoms with Gasteiger partial charge in [0.2, 0.25) is 6.41 Å². The fraction of sp³-hybridized carbons (Fsp3) is 0.160. The van der Waals surface area contributed by atoms with Gasteiger partial charge in [-0.2, -0.15) is 10.2 Å². The first kappa shape index (κ1) is 22.0. The molecular formula is C25H22N8O2S. The van der Waals surface area contributed by atoms with Crippen LogP contribution in [0, 0.1) is 0 Å². The van der Waals surface area contributed by atoms with Crippen molar-refractivity contribution in [3.8, 4) is 0 Å². The van der Waals surface area contributed by atoms with Crippen LogP contribution in [0.5, 0.6) is 0 Å². The third kappa shape index (κ3) is 3.43. The number of H-pyrrole nitrogens is 1. The number of thiazole rings is 1. The van der Waals surface area contributed by atoms with Crippen molar-refractivity contribution in [3.05, 3.63) is 75.3 Å². The van der Waals surface area contributed by atoms with Gasteiger partial charge in [-0.15, -0.1) is 11.3 Å². The summed E-state index contributed by atoms with van der Waals surface area (Å²) in [6.45, 7) is 0.345. The number of anilines is 2. The molecule has 0 saturated heterocycles. The first-order valence-corrected chi connectivity index (χ1v) is 12.2. The zero-order valence-electron chi connectivity index (χ0n) is 19.6. The number of nitrogens with zero attached hydrogens (tertiary/aromatic N) is 5. The fourth-order valence-corrected chi connectivity index (χ4v) is 5.83. The number of rotatable bonds is 7. The average Bonchev–Trinajstić information content (AvgIpc) is 3.59. The largest absolute Gasteiger partial charge is 0.386 e. The van der Waals surface area contributed by atoms with Gasteiger partial charge in [0.05, 0.1) is 40.5 Å². The van der Waals surface area contributed by atoms with Gasteiger partial charge in [-0.1, -0.05) is 24.3 Å². The molecule has 0 aliphatic rings. The molecule has 3 N–H and O–H groups in total. The first-order valence-electron chi connectivity index (χ1n) is 11.3. The topological polar surface area (TPSA) is 123 Å². The van der Waals surface area contributed by atoms with E-state index in [-0.39, 0.29) is 5.56 Å². The van der Waals surface area contributed by atoms with Crippen LogP contribution in [-0.2, 0) is 24.8 Å². The predicted molar refractivity (Wildman–Crippen MR) is 142 cm³/mol. The smallest absolute Gasteiger partial charge is 0.291 e. The second kappa shape index (κ2) is 8.61. The molecule has 1 amide bonds. The van der Waals surface area contributed by atoms with Crippen LogP contribution < -0.4 is 16.2 Å². The molecule has 36 heavy (non-hydrogen) atoms. The van der Waals surface area contributed by atoms with E-state index in [1.54, 1.807) is 12.4 Å².